The fraction of sp³-hybridized carbons (Fsp3) is 1.00. The van der Waals surface area contributed by atoms with Gasteiger partial charge in [-0.3, -0.25) is 0 Å². The fourth-order valence-electron chi connectivity index (χ4n) is 2.33. The van der Waals surface area contributed by atoms with Crippen molar-refractivity contribution in [3.8, 4) is 0 Å². The molecule has 0 aliphatic carbocycles. The summed E-state index contributed by atoms with van der Waals surface area (Å²) >= 11 is 0.399. The zero-order chi connectivity index (χ0) is 13.6. The van der Waals surface area contributed by atoms with Crippen LogP contribution < -0.4 is 0 Å². The van der Waals surface area contributed by atoms with E-state index >= 15 is 0 Å². The molecule has 0 aromatic heterocycles. The van der Waals surface area contributed by atoms with Crippen molar-refractivity contribution in [2.75, 3.05) is 6.61 Å². The third kappa shape index (κ3) is 3.47. The van der Waals surface area contributed by atoms with E-state index in [1.54, 1.807) is 0 Å². The summed E-state index contributed by atoms with van der Waals surface area (Å²) in [5.41, 5.74) is -0.227. The van der Waals surface area contributed by atoms with Crippen LogP contribution in [0, 0.1) is 0 Å². The SMILES string of the molecule is CC(C)(C)O[C@@H]1C[Se]C2COC(C)(C)O[C@H]2C1O. The number of aliphatic hydroxyl groups is 1. The maximum atomic E-state index is 10.5. The summed E-state index contributed by atoms with van der Waals surface area (Å²) in [6.07, 6.45) is -0.803. The van der Waals surface area contributed by atoms with Crippen LogP contribution in [0.5, 0.6) is 0 Å². The molecule has 0 amide bonds. The molecule has 2 heterocycles. The molecule has 0 saturated carbocycles. The minimum atomic E-state index is -0.595. The Labute approximate surface area is 116 Å². The Bertz CT molecular complexity index is 300. The zero-order valence-electron chi connectivity index (χ0n) is 11.8. The third-order valence-electron chi connectivity index (χ3n) is 3.08. The van der Waals surface area contributed by atoms with Crippen LogP contribution in [0.2, 0.25) is 10.1 Å². The molecular weight excluding hydrogens is 299 g/mol. The Morgan fingerprint density at radius 2 is 2.00 bits per heavy atom. The summed E-state index contributed by atoms with van der Waals surface area (Å²) in [6.45, 7) is 10.6. The number of ether oxygens (including phenoxy) is 3. The van der Waals surface area contributed by atoms with Crippen molar-refractivity contribution in [1.82, 2.24) is 0 Å². The minimum absolute atomic E-state index is 0.111. The third-order valence-corrected chi connectivity index (χ3v) is 5.92. The first kappa shape index (κ1) is 14.8. The van der Waals surface area contributed by atoms with Crippen LogP contribution in [0.15, 0.2) is 0 Å². The Balaban J connectivity index is 2.04. The van der Waals surface area contributed by atoms with Gasteiger partial charge in [0.15, 0.2) is 0 Å². The molecule has 18 heavy (non-hydrogen) atoms. The van der Waals surface area contributed by atoms with E-state index < -0.39 is 11.9 Å². The van der Waals surface area contributed by atoms with Gasteiger partial charge in [0.25, 0.3) is 0 Å². The number of hydrogen-bond acceptors (Lipinski definition) is 4. The van der Waals surface area contributed by atoms with Crippen molar-refractivity contribution < 1.29 is 19.3 Å². The molecule has 2 rings (SSSR count). The van der Waals surface area contributed by atoms with Gasteiger partial charge < -0.3 is 0 Å². The normalized spacial score (nSPS) is 40.3. The predicted octanol–water partition coefficient (Wildman–Crippen LogP) is 1.61. The van der Waals surface area contributed by atoms with Gasteiger partial charge in [-0.1, -0.05) is 0 Å². The van der Waals surface area contributed by atoms with Gasteiger partial charge >= 0.3 is 115 Å². The van der Waals surface area contributed by atoms with E-state index in [2.05, 4.69) is 0 Å². The summed E-state index contributed by atoms with van der Waals surface area (Å²) in [6, 6.07) is 0. The van der Waals surface area contributed by atoms with Crippen molar-refractivity contribution in [2.24, 2.45) is 0 Å². The molecule has 2 unspecified atom stereocenters. The Morgan fingerprint density at radius 1 is 1.33 bits per heavy atom. The van der Waals surface area contributed by atoms with Gasteiger partial charge in [-0.2, -0.15) is 0 Å². The first-order chi connectivity index (χ1) is 8.18. The molecular formula is C13H24O4Se. The first-order valence-electron chi connectivity index (χ1n) is 6.47. The molecule has 106 valence electrons. The second kappa shape index (κ2) is 5.04. The van der Waals surface area contributed by atoms with E-state index in [1.165, 1.54) is 0 Å². The van der Waals surface area contributed by atoms with Crippen molar-refractivity contribution in [1.29, 1.82) is 0 Å². The van der Waals surface area contributed by atoms with Gasteiger partial charge in [-0.05, 0) is 0 Å². The van der Waals surface area contributed by atoms with E-state index in [9.17, 15) is 5.11 Å². The molecule has 0 bridgehead atoms. The molecule has 4 atom stereocenters. The Hall–Kier alpha value is 0.359. The van der Waals surface area contributed by atoms with E-state index in [0.29, 0.717) is 26.4 Å². The van der Waals surface area contributed by atoms with Gasteiger partial charge in [0, 0.05) is 0 Å². The Morgan fingerprint density at radius 3 is 2.61 bits per heavy atom. The molecule has 2 aliphatic heterocycles. The van der Waals surface area contributed by atoms with E-state index in [1.807, 2.05) is 34.6 Å². The number of aliphatic hydroxyl groups excluding tert-OH is 1. The molecule has 0 aromatic rings. The van der Waals surface area contributed by atoms with Gasteiger partial charge in [0.2, 0.25) is 0 Å². The molecule has 2 aliphatic rings. The van der Waals surface area contributed by atoms with E-state index in [4.69, 9.17) is 14.2 Å². The zero-order valence-corrected chi connectivity index (χ0v) is 13.5. The Kier molecular flexibility index (Phi) is 4.13. The van der Waals surface area contributed by atoms with Gasteiger partial charge in [0.1, 0.15) is 0 Å². The van der Waals surface area contributed by atoms with Crippen molar-refractivity contribution in [3.05, 3.63) is 0 Å². The standard InChI is InChI=1S/C13H24O4Se/c1-12(2,3)16-8-7-18-9-6-15-13(4,5)17-11(9)10(8)14/h8-11,14H,6-7H2,1-5H3/t8-,9?,10?,11-/m1/s1. The summed E-state index contributed by atoms with van der Waals surface area (Å²) in [5, 5.41) is 11.4. The molecule has 2 saturated heterocycles. The molecule has 5 heteroatoms. The molecule has 0 aromatic carbocycles. The predicted molar refractivity (Wildman–Crippen MR) is 69.8 cm³/mol. The van der Waals surface area contributed by atoms with Gasteiger partial charge in [0.05, 0.1) is 0 Å². The van der Waals surface area contributed by atoms with Crippen molar-refractivity contribution in [3.63, 3.8) is 0 Å². The van der Waals surface area contributed by atoms with Gasteiger partial charge in [-0.15, -0.1) is 0 Å². The first-order valence-corrected chi connectivity index (χ1v) is 8.67. The molecule has 0 spiro atoms. The second-order valence-electron chi connectivity index (χ2n) is 6.42. The summed E-state index contributed by atoms with van der Waals surface area (Å²) in [5.74, 6) is -0.595. The van der Waals surface area contributed by atoms with E-state index in [-0.39, 0.29) is 17.8 Å². The summed E-state index contributed by atoms with van der Waals surface area (Å²) in [4.78, 5) is 0.348. The van der Waals surface area contributed by atoms with Crippen LogP contribution in [-0.2, 0) is 14.2 Å². The van der Waals surface area contributed by atoms with Gasteiger partial charge in [-0.25, -0.2) is 0 Å². The number of hydrogen-bond donors (Lipinski definition) is 1. The quantitative estimate of drug-likeness (QED) is 0.745. The average Bonchev–Trinajstić information content (AvgIpc) is 2.20. The topological polar surface area (TPSA) is 47.9 Å². The van der Waals surface area contributed by atoms with Crippen LogP contribution in [0.25, 0.3) is 0 Å². The van der Waals surface area contributed by atoms with Crippen LogP contribution in [-0.4, -0.2) is 56.4 Å². The number of fused-ring (bicyclic) bond motifs is 1. The van der Waals surface area contributed by atoms with E-state index in [0.717, 1.165) is 5.32 Å². The van der Waals surface area contributed by atoms with Crippen molar-refractivity contribution in [2.45, 2.75) is 74.5 Å². The molecule has 1 N–H and O–H groups in total. The van der Waals surface area contributed by atoms with Crippen LogP contribution in [0.4, 0.5) is 0 Å². The van der Waals surface area contributed by atoms with Crippen LogP contribution in [0.1, 0.15) is 34.6 Å². The summed E-state index contributed by atoms with van der Waals surface area (Å²) < 4.78 is 17.5. The average molecular weight is 323 g/mol. The molecule has 0 radical (unpaired) electrons. The maximum absolute atomic E-state index is 10.5. The molecule has 2 fully saturated rings. The second-order valence-corrected chi connectivity index (χ2v) is 9.09. The number of rotatable bonds is 1. The summed E-state index contributed by atoms with van der Waals surface area (Å²) in [7, 11) is 0. The van der Waals surface area contributed by atoms with Crippen LogP contribution in [0.3, 0.4) is 0 Å². The van der Waals surface area contributed by atoms with Crippen molar-refractivity contribution >= 4 is 15.0 Å². The van der Waals surface area contributed by atoms with Crippen LogP contribution >= 0.6 is 0 Å². The fourth-order valence-corrected chi connectivity index (χ4v) is 5.00. The monoisotopic (exact) mass is 324 g/mol. The molecule has 4 nitrogen and oxygen atoms in total.